The lowest BCUT2D eigenvalue weighted by molar-refractivity contribution is 0.0758. The van der Waals surface area contributed by atoms with E-state index in [9.17, 15) is 9.59 Å². The molecular formula is C26H22O5. The Balaban J connectivity index is 1.26. The molecule has 0 spiro atoms. The third-order valence-corrected chi connectivity index (χ3v) is 5.07. The average Bonchev–Trinajstić information content (AvgIpc) is 2.82. The predicted octanol–water partition coefficient (Wildman–Crippen LogP) is 5.09. The van der Waals surface area contributed by atoms with Gasteiger partial charge in [-0.15, -0.1) is 0 Å². The maximum absolute atomic E-state index is 11.5. The van der Waals surface area contributed by atoms with E-state index >= 15 is 0 Å². The van der Waals surface area contributed by atoms with Gasteiger partial charge in [0, 0.05) is 0 Å². The molecule has 0 aliphatic rings. The summed E-state index contributed by atoms with van der Waals surface area (Å²) in [5.74, 6) is 1.08. The topological polar surface area (TPSA) is 61.8 Å². The van der Waals surface area contributed by atoms with Crippen LogP contribution in [0.4, 0.5) is 0 Å². The summed E-state index contributed by atoms with van der Waals surface area (Å²) in [5, 5.41) is 3.72. The fourth-order valence-electron chi connectivity index (χ4n) is 3.57. The second kappa shape index (κ2) is 9.87. The molecule has 0 aliphatic carbocycles. The number of carbonyl (C=O) groups excluding carboxylic acids is 2. The van der Waals surface area contributed by atoms with Crippen molar-refractivity contribution >= 4 is 34.1 Å². The zero-order chi connectivity index (χ0) is 21.5. The van der Waals surface area contributed by atoms with Gasteiger partial charge in [0.15, 0.2) is 12.6 Å². The zero-order valence-corrected chi connectivity index (χ0v) is 17.0. The van der Waals surface area contributed by atoms with Crippen molar-refractivity contribution in [2.75, 3.05) is 26.4 Å². The van der Waals surface area contributed by atoms with Crippen molar-refractivity contribution in [3.8, 4) is 11.5 Å². The van der Waals surface area contributed by atoms with E-state index in [0.717, 1.165) is 34.1 Å². The highest BCUT2D eigenvalue weighted by molar-refractivity contribution is 6.01. The highest BCUT2D eigenvalue weighted by Crippen LogP contribution is 2.27. The monoisotopic (exact) mass is 414 g/mol. The van der Waals surface area contributed by atoms with Gasteiger partial charge in [0.05, 0.1) is 24.3 Å². The fraction of sp³-hybridized carbons (Fsp3) is 0.154. The number of rotatable bonds is 10. The molecule has 0 aromatic heterocycles. The first-order valence-electron chi connectivity index (χ1n) is 10.1. The Labute approximate surface area is 180 Å². The molecule has 0 unspecified atom stereocenters. The van der Waals surface area contributed by atoms with Gasteiger partial charge < -0.3 is 14.2 Å². The quantitative estimate of drug-likeness (QED) is 0.267. The van der Waals surface area contributed by atoms with Gasteiger partial charge in [-0.1, -0.05) is 60.7 Å². The average molecular weight is 414 g/mol. The molecule has 0 aliphatic heterocycles. The van der Waals surface area contributed by atoms with Crippen LogP contribution in [0.15, 0.2) is 72.8 Å². The first kappa shape index (κ1) is 20.6. The van der Waals surface area contributed by atoms with E-state index in [-0.39, 0.29) is 0 Å². The molecule has 4 aromatic rings. The van der Waals surface area contributed by atoms with Gasteiger partial charge in [-0.2, -0.15) is 0 Å². The third kappa shape index (κ3) is 4.57. The summed E-state index contributed by atoms with van der Waals surface area (Å²) in [5.41, 5.74) is 1.08. The first-order valence-corrected chi connectivity index (χ1v) is 10.1. The number of hydrogen-bond donors (Lipinski definition) is 0. The molecule has 0 saturated carbocycles. The van der Waals surface area contributed by atoms with E-state index in [1.54, 1.807) is 12.1 Å². The van der Waals surface area contributed by atoms with Crippen molar-refractivity contribution in [2.24, 2.45) is 0 Å². The number of carbonyl (C=O) groups is 2. The maximum Gasteiger partial charge on any atom is 0.154 e. The summed E-state index contributed by atoms with van der Waals surface area (Å²) >= 11 is 0. The minimum atomic E-state index is 0.314. The Kier molecular flexibility index (Phi) is 6.55. The Hall–Kier alpha value is -3.70. The van der Waals surface area contributed by atoms with Crippen LogP contribution in [0.25, 0.3) is 21.5 Å². The summed E-state index contributed by atoms with van der Waals surface area (Å²) < 4.78 is 17.1. The lowest BCUT2D eigenvalue weighted by atomic mass is 10.0. The summed E-state index contributed by atoms with van der Waals surface area (Å²) in [6.07, 6.45) is 1.64. The highest BCUT2D eigenvalue weighted by Gasteiger charge is 2.09. The predicted molar refractivity (Wildman–Crippen MR) is 120 cm³/mol. The number of hydrogen-bond acceptors (Lipinski definition) is 5. The minimum absolute atomic E-state index is 0.314. The minimum Gasteiger partial charge on any atom is -0.490 e. The fourth-order valence-corrected chi connectivity index (χ4v) is 3.57. The van der Waals surface area contributed by atoms with Crippen molar-refractivity contribution in [3.63, 3.8) is 0 Å². The van der Waals surface area contributed by atoms with Crippen LogP contribution in [-0.2, 0) is 4.74 Å². The largest absolute Gasteiger partial charge is 0.490 e. The smallest absolute Gasteiger partial charge is 0.154 e. The Morgan fingerprint density at radius 3 is 1.45 bits per heavy atom. The molecule has 5 nitrogen and oxygen atoms in total. The number of benzene rings is 4. The molecule has 156 valence electrons. The summed E-state index contributed by atoms with van der Waals surface area (Å²) in [4.78, 5) is 23.1. The molecule has 0 fully saturated rings. The SMILES string of the molecule is O=Cc1c(OCCOCCOc2ccc3ccccc3c2C=O)ccc2ccccc12. The zero-order valence-electron chi connectivity index (χ0n) is 17.0. The van der Waals surface area contributed by atoms with Crippen molar-refractivity contribution in [1.29, 1.82) is 0 Å². The molecule has 4 rings (SSSR count). The van der Waals surface area contributed by atoms with Gasteiger partial charge >= 0.3 is 0 Å². The van der Waals surface area contributed by atoms with Crippen molar-refractivity contribution in [1.82, 2.24) is 0 Å². The lowest BCUT2D eigenvalue weighted by Crippen LogP contribution is -2.13. The van der Waals surface area contributed by atoms with Crippen LogP contribution in [0.5, 0.6) is 11.5 Å². The molecule has 0 bridgehead atoms. The molecular weight excluding hydrogens is 392 g/mol. The standard InChI is InChI=1S/C26H22O5/c27-17-23-21-7-3-1-5-19(21)9-11-25(23)30-15-13-29-14-16-31-26-12-10-20-6-2-4-8-22(20)24(26)18-28/h1-12,17-18H,13-16H2. The molecule has 0 radical (unpaired) electrons. The second-order valence-corrected chi connectivity index (χ2v) is 6.94. The molecule has 0 N–H and O–H groups in total. The highest BCUT2D eigenvalue weighted by atomic mass is 16.5. The van der Waals surface area contributed by atoms with Crippen LogP contribution in [-0.4, -0.2) is 39.0 Å². The first-order chi connectivity index (χ1) is 15.3. The molecule has 4 aromatic carbocycles. The van der Waals surface area contributed by atoms with Crippen molar-refractivity contribution in [2.45, 2.75) is 0 Å². The molecule has 0 amide bonds. The summed E-state index contributed by atoms with van der Waals surface area (Å²) in [7, 11) is 0. The van der Waals surface area contributed by atoms with Gasteiger partial charge in [0.2, 0.25) is 0 Å². The van der Waals surface area contributed by atoms with Crippen LogP contribution in [0.1, 0.15) is 20.7 Å². The van der Waals surface area contributed by atoms with Gasteiger partial charge in [-0.25, -0.2) is 0 Å². The van der Waals surface area contributed by atoms with E-state index in [1.807, 2.05) is 60.7 Å². The van der Waals surface area contributed by atoms with E-state index in [2.05, 4.69) is 0 Å². The summed E-state index contributed by atoms with van der Waals surface area (Å²) in [6.45, 7) is 1.34. The van der Waals surface area contributed by atoms with E-state index in [1.165, 1.54) is 0 Å². The third-order valence-electron chi connectivity index (χ3n) is 5.07. The van der Waals surface area contributed by atoms with Crippen LogP contribution >= 0.6 is 0 Å². The van der Waals surface area contributed by atoms with Crippen molar-refractivity contribution in [3.05, 3.63) is 83.9 Å². The maximum atomic E-state index is 11.5. The molecule has 31 heavy (non-hydrogen) atoms. The van der Waals surface area contributed by atoms with Gasteiger partial charge in [-0.05, 0) is 33.7 Å². The molecule has 0 heterocycles. The van der Waals surface area contributed by atoms with Crippen LogP contribution < -0.4 is 9.47 Å². The van der Waals surface area contributed by atoms with E-state index in [0.29, 0.717) is 49.1 Å². The normalized spacial score (nSPS) is 10.8. The second-order valence-electron chi connectivity index (χ2n) is 6.94. The Morgan fingerprint density at radius 1 is 0.548 bits per heavy atom. The molecule has 0 saturated heterocycles. The van der Waals surface area contributed by atoms with Gasteiger partial charge in [-0.3, -0.25) is 9.59 Å². The van der Waals surface area contributed by atoms with Crippen LogP contribution in [0, 0.1) is 0 Å². The van der Waals surface area contributed by atoms with E-state index in [4.69, 9.17) is 14.2 Å². The summed E-state index contributed by atoms with van der Waals surface area (Å²) in [6, 6.07) is 22.9. The number of ether oxygens (including phenoxy) is 3. The molecule has 0 atom stereocenters. The van der Waals surface area contributed by atoms with Crippen LogP contribution in [0.3, 0.4) is 0 Å². The van der Waals surface area contributed by atoms with E-state index < -0.39 is 0 Å². The lowest BCUT2D eigenvalue weighted by Gasteiger charge is -2.12. The van der Waals surface area contributed by atoms with Gasteiger partial charge in [0.25, 0.3) is 0 Å². The number of fused-ring (bicyclic) bond motifs is 2. The van der Waals surface area contributed by atoms with Crippen molar-refractivity contribution < 1.29 is 23.8 Å². The Morgan fingerprint density at radius 2 is 1.00 bits per heavy atom. The van der Waals surface area contributed by atoms with Gasteiger partial charge in [0.1, 0.15) is 24.7 Å². The number of aldehydes is 2. The Bertz CT molecular complexity index is 1120. The molecule has 5 heteroatoms. The van der Waals surface area contributed by atoms with Crippen LogP contribution in [0.2, 0.25) is 0 Å².